The minimum atomic E-state index is -3.12. The highest BCUT2D eigenvalue weighted by molar-refractivity contribution is 8.00. The molecule has 0 saturated carbocycles. The van der Waals surface area contributed by atoms with E-state index in [1.54, 1.807) is 0 Å². The quantitative estimate of drug-likeness (QED) is 0.251. The smallest absolute Gasteiger partial charge is 0.316 e. The fourth-order valence-electron chi connectivity index (χ4n) is 2.85. The Morgan fingerprint density at radius 2 is 2.00 bits per heavy atom. The first-order chi connectivity index (χ1) is 13.2. The molecule has 1 saturated heterocycles. The van der Waals surface area contributed by atoms with Crippen LogP contribution in [-0.2, 0) is 24.2 Å². The molecule has 0 radical (unpaired) electrons. The van der Waals surface area contributed by atoms with Crippen molar-refractivity contribution < 1.29 is 27.7 Å². The summed E-state index contributed by atoms with van der Waals surface area (Å²) in [6.45, 7) is 1.86. The molecule has 1 fully saturated rings. The summed E-state index contributed by atoms with van der Waals surface area (Å²) in [7, 11) is -3.12. The van der Waals surface area contributed by atoms with Gasteiger partial charge in [-0.2, -0.15) is 0 Å². The molecule has 0 N–H and O–H groups in total. The van der Waals surface area contributed by atoms with Crippen LogP contribution in [0.1, 0.15) is 19.8 Å². The monoisotopic (exact) mass is 430 g/mol. The molecular weight excluding hydrogens is 408 g/mol. The van der Waals surface area contributed by atoms with Crippen LogP contribution in [0.3, 0.4) is 0 Å². The molecule has 0 aliphatic carbocycles. The van der Waals surface area contributed by atoms with Gasteiger partial charge in [0.15, 0.2) is 16.4 Å². The Balaban J connectivity index is 1.81. The van der Waals surface area contributed by atoms with Gasteiger partial charge in [0.2, 0.25) is 0 Å². The first-order valence-electron chi connectivity index (χ1n) is 8.74. The van der Waals surface area contributed by atoms with Crippen LogP contribution in [0, 0.1) is 10.1 Å². The third kappa shape index (κ3) is 6.48. The average Bonchev–Trinajstić information content (AvgIpc) is 3.02. The zero-order valence-corrected chi connectivity index (χ0v) is 17.0. The van der Waals surface area contributed by atoms with E-state index in [2.05, 4.69) is 0 Å². The Bertz CT molecular complexity index is 824. The SMILES string of the molecule is CCCN(C(=O)COC(=O)CSc1ccc([N+](=O)[O-])cc1)[C@H]1CCS(=O)(=O)C1. The number of non-ortho nitro benzene ring substituents is 1. The molecule has 1 aliphatic rings. The van der Waals surface area contributed by atoms with Crippen molar-refractivity contribution in [1.29, 1.82) is 0 Å². The van der Waals surface area contributed by atoms with Gasteiger partial charge < -0.3 is 9.64 Å². The molecule has 0 bridgehead atoms. The van der Waals surface area contributed by atoms with Crippen molar-refractivity contribution in [3.8, 4) is 0 Å². The molecular formula is C17H22N2O7S2. The number of hydrogen-bond acceptors (Lipinski definition) is 8. The number of carbonyl (C=O) groups is 2. The van der Waals surface area contributed by atoms with E-state index in [-0.39, 0.29) is 29.0 Å². The topological polar surface area (TPSA) is 124 Å². The van der Waals surface area contributed by atoms with Crippen molar-refractivity contribution in [2.75, 3.05) is 30.4 Å². The van der Waals surface area contributed by atoms with Gasteiger partial charge in [0.1, 0.15) is 0 Å². The number of thioether (sulfide) groups is 1. The van der Waals surface area contributed by atoms with Crippen molar-refractivity contribution in [3.63, 3.8) is 0 Å². The lowest BCUT2D eigenvalue weighted by molar-refractivity contribution is -0.384. The van der Waals surface area contributed by atoms with Crippen LogP contribution in [0.25, 0.3) is 0 Å². The summed E-state index contributed by atoms with van der Waals surface area (Å²) in [6.07, 6.45) is 1.07. The molecule has 1 aromatic rings. The van der Waals surface area contributed by atoms with Crippen LogP contribution in [0.5, 0.6) is 0 Å². The molecule has 0 unspecified atom stereocenters. The highest BCUT2D eigenvalue weighted by Gasteiger charge is 2.34. The lowest BCUT2D eigenvalue weighted by Gasteiger charge is -2.27. The Kier molecular flexibility index (Phi) is 7.81. The molecule has 1 aromatic carbocycles. The fraction of sp³-hybridized carbons (Fsp3) is 0.529. The minimum absolute atomic E-state index is 0.0394. The number of hydrogen-bond donors (Lipinski definition) is 0. The van der Waals surface area contributed by atoms with Gasteiger partial charge in [0.25, 0.3) is 11.6 Å². The lowest BCUT2D eigenvalue weighted by atomic mass is 10.2. The molecule has 1 heterocycles. The Hall–Kier alpha value is -2.14. The number of rotatable bonds is 9. The zero-order chi connectivity index (χ0) is 20.7. The van der Waals surface area contributed by atoms with Gasteiger partial charge >= 0.3 is 5.97 Å². The van der Waals surface area contributed by atoms with E-state index in [9.17, 15) is 28.1 Å². The van der Waals surface area contributed by atoms with Crippen LogP contribution >= 0.6 is 11.8 Å². The maximum atomic E-state index is 12.4. The summed E-state index contributed by atoms with van der Waals surface area (Å²) in [4.78, 5) is 36.5. The van der Waals surface area contributed by atoms with Gasteiger partial charge in [-0.25, -0.2) is 8.42 Å². The summed E-state index contributed by atoms with van der Waals surface area (Å²) in [5.74, 6) is -1.03. The molecule has 9 nitrogen and oxygen atoms in total. The number of benzene rings is 1. The average molecular weight is 431 g/mol. The fourth-order valence-corrected chi connectivity index (χ4v) is 5.27. The third-order valence-electron chi connectivity index (χ3n) is 4.19. The van der Waals surface area contributed by atoms with Crippen LogP contribution in [0.2, 0.25) is 0 Å². The number of carbonyl (C=O) groups excluding carboxylic acids is 2. The van der Waals surface area contributed by atoms with E-state index >= 15 is 0 Å². The molecule has 0 spiro atoms. The van der Waals surface area contributed by atoms with Gasteiger partial charge in [-0.1, -0.05) is 6.92 Å². The van der Waals surface area contributed by atoms with Gasteiger partial charge in [-0.05, 0) is 25.0 Å². The first kappa shape index (κ1) is 22.2. The number of ether oxygens (including phenoxy) is 1. The summed E-state index contributed by atoms with van der Waals surface area (Å²) >= 11 is 1.14. The van der Waals surface area contributed by atoms with Gasteiger partial charge in [0.05, 0.1) is 22.2 Å². The number of nitro groups is 1. The molecule has 2 rings (SSSR count). The van der Waals surface area contributed by atoms with Crippen molar-refractivity contribution >= 4 is 39.2 Å². The van der Waals surface area contributed by atoms with E-state index in [0.717, 1.165) is 11.8 Å². The summed E-state index contributed by atoms with van der Waals surface area (Å²) in [5.41, 5.74) is -0.0394. The summed E-state index contributed by atoms with van der Waals surface area (Å²) < 4.78 is 28.3. The van der Waals surface area contributed by atoms with Crippen LogP contribution in [0.15, 0.2) is 29.2 Å². The van der Waals surface area contributed by atoms with E-state index in [0.29, 0.717) is 24.3 Å². The number of amides is 1. The summed E-state index contributed by atoms with van der Waals surface area (Å²) in [6, 6.07) is 5.38. The predicted molar refractivity (Wildman–Crippen MR) is 104 cm³/mol. The number of nitro benzene ring substituents is 1. The highest BCUT2D eigenvalue weighted by atomic mass is 32.2. The van der Waals surface area contributed by atoms with E-state index in [1.807, 2.05) is 6.92 Å². The molecule has 11 heteroatoms. The second-order valence-corrected chi connectivity index (χ2v) is 9.62. The molecule has 1 atom stereocenters. The minimum Gasteiger partial charge on any atom is -0.455 e. The normalized spacial score (nSPS) is 17.8. The lowest BCUT2D eigenvalue weighted by Crippen LogP contribution is -2.43. The Morgan fingerprint density at radius 3 is 2.54 bits per heavy atom. The number of sulfone groups is 1. The maximum absolute atomic E-state index is 12.4. The van der Waals surface area contributed by atoms with Crippen molar-refractivity contribution in [2.24, 2.45) is 0 Å². The van der Waals surface area contributed by atoms with Crippen molar-refractivity contribution in [1.82, 2.24) is 4.90 Å². The number of esters is 1. The Labute approximate surface area is 167 Å². The van der Waals surface area contributed by atoms with E-state index in [1.165, 1.54) is 29.2 Å². The molecule has 0 aromatic heterocycles. The first-order valence-corrected chi connectivity index (χ1v) is 11.6. The van der Waals surface area contributed by atoms with Crippen molar-refractivity contribution in [2.45, 2.75) is 30.7 Å². The standard InChI is InChI=1S/C17H22N2O7S2/c1-2-8-18(14-7-9-28(24,25)12-14)16(20)10-26-17(21)11-27-15-5-3-13(4-6-15)19(22)23/h3-6,14H,2,7-12H2,1H3/t14-/m0/s1. The van der Waals surface area contributed by atoms with Gasteiger partial charge in [-0.15, -0.1) is 11.8 Å². The molecule has 1 amide bonds. The predicted octanol–water partition coefficient (Wildman–Crippen LogP) is 1.66. The molecule has 1 aliphatic heterocycles. The highest BCUT2D eigenvalue weighted by Crippen LogP contribution is 2.22. The zero-order valence-electron chi connectivity index (χ0n) is 15.4. The summed E-state index contributed by atoms with van der Waals surface area (Å²) in [5, 5.41) is 10.6. The van der Waals surface area contributed by atoms with Crippen LogP contribution in [-0.4, -0.2) is 66.6 Å². The van der Waals surface area contributed by atoms with E-state index in [4.69, 9.17) is 4.74 Å². The van der Waals surface area contributed by atoms with Crippen LogP contribution < -0.4 is 0 Å². The van der Waals surface area contributed by atoms with Crippen molar-refractivity contribution in [3.05, 3.63) is 34.4 Å². The Morgan fingerprint density at radius 1 is 1.32 bits per heavy atom. The van der Waals surface area contributed by atoms with E-state index < -0.39 is 33.2 Å². The van der Waals surface area contributed by atoms with Gasteiger partial charge in [0, 0.05) is 29.6 Å². The second kappa shape index (κ2) is 9.87. The maximum Gasteiger partial charge on any atom is 0.316 e. The molecule has 28 heavy (non-hydrogen) atoms. The second-order valence-electron chi connectivity index (χ2n) is 6.34. The molecule has 154 valence electrons. The van der Waals surface area contributed by atoms with Gasteiger partial charge in [-0.3, -0.25) is 19.7 Å². The third-order valence-corrected chi connectivity index (χ3v) is 6.93. The largest absolute Gasteiger partial charge is 0.455 e. The van der Waals surface area contributed by atoms with Crippen LogP contribution in [0.4, 0.5) is 5.69 Å². The number of nitrogens with zero attached hydrogens (tertiary/aromatic N) is 2.